The molecule has 2 amide bonds. The number of benzene rings is 2. The van der Waals surface area contributed by atoms with E-state index in [2.05, 4.69) is 5.32 Å². The van der Waals surface area contributed by atoms with E-state index in [-0.39, 0.29) is 24.8 Å². The number of hydrogen-bond donors (Lipinski definition) is 1. The van der Waals surface area contributed by atoms with E-state index >= 15 is 0 Å². The Kier molecular flexibility index (Phi) is 6.52. The summed E-state index contributed by atoms with van der Waals surface area (Å²) in [6, 6.07) is 7.21. The van der Waals surface area contributed by atoms with Gasteiger partial charge in [0.1, 0.15) is 17.7 Å². The molecule has 1 unspecified atom stereocenters. The van der Waals surface area contributed by atoms with E-state index < -0.39 is 17.7 Å². The molecule has 2 aromatic carbocycles. The molecule has 4 nitrogen and oxygen atoms in total. The second-order valence-electron chi connectivity index (χ2n) is 6.63. The summed E-state index contributed by atoms with van der Waals surface area (Å²) in [4.78, 5) is 26.8. The highest BCUT2D eigenvalue weighted by molar-refractivity contribution is 6.35. The van der Waals surface area contributed by atoms with E-state index in [1.54, 1.807) is 0 Å². The molecule has 0 radical (unpaired) electrons. The molecular weight excluding hydrogens is 409 g/mol. The van der Waals surface area contributed by atoms with Gasteiger partial charge < -0.3 is 10.2 Å². The highest BCUT2D eigenvalue weighted by Crippen LogP contribution is 2.24. The molecule has 28 heavy (non-hydrogen) atoms. The van der Waals surface area contributed by atoms with Crippen LogP contribution in [0.15, 0.2) is 36.4 Å². The first-order valence-electron chi connectivity index (χ1n) is 8.83. The molecule has 1 heterocycles. The highest BCUT2D eigenvalue weighted by atomic mass is 35.5. The van der Waals surface area contributed by atoms with Crippen molar-refractivity contribution in [1.29, 1.82) is 0 Å². The maximum absolute atomic E-state index is 13.2. The first-order valence-corrected chi connectivity index (χ1v) is 9.59. The second-order valence-corrected chi connectivity index (χ2v) is 7.51. The van der Waals surface area contributed by atoms with Crippen molar-refractivity contribution in [3.63, 3.8) is 0 Å². The third-order valence-electron chi connectivity index (χ3n) is 4.56. The summed E-state index contributed by atoms with van der Waals surface area (Å²) >= 11 is 11.9. The molecule has 0 bridgehead atoms. The van der Waals surface area contributed by atoms with Crippen molar-refractivity contribution in [1.82, 2.24) is 10.2 Å². The molecule has 1 atom stereocenters. The zero-order chi connectivity index (χ0) is 20.3. The van der Waals surface area contributed by atoms with Gasteiger partial charge in [-0.25, -0.2) is 8.78 Å². The average Bonchev–Trinajstić information content (AvgIpc) is 3.09. The summed E-state index contributed by atoms with van der Waals surface area (Å²) in [6.07, 6.45) is 1.53. The van der Waals surface area contributed by atoms with Crippen LogP contribution in [0.4, 0.5) is 8.78 Å². The molecule has 0 aliphatic carbocycles. The lowest BCUT2D eigenvalue weighted by Gasteiger charge is -2.24. The summed E-state index contributed by atoms with van der Waals surface area (Å²) in [6.45, 7) is 0.666. The smallest absolute Gasteiger partial charge is 0.254 e. The van der Waals surface area contributed by atoms with Crippen LogP contribution in [0.3, 0.4) is 0 Å². The van der Waals surface area contributed by atoms with Gasteiger partial charge in [-0.2, -0.15) is 0 Å². The van der Waals surface area contributed by atoms with Crippen LogP contribution in [0.1, 0.15) is 28.8 Å². The number of halogens is 4. The van der Waals surface area contributed by atoms with Crippen LogP contribution in [0.25, 0.3) is 0 Å². The van der Waals surface area contributed by atoms with Gasteiger partial charge in [0.15, 0.2) is 0 Å². The Morgan fingerprint density at radius 3 is 2.32 bits per heavy atom. The molecule has 0 aromatic heterocycles. The van der Waals surface area contributed by atoms with Gasteiger partial charge in [0.2, 0.25) is 5.91 Å². The molecule has 0 saturated carbocycles. The standard InChI is InChI=1S/C20H18Cl2F2N2O2/c21-14-8-13(9-15(22)10-14)20(28)26-5-1-2-18(26)19(27)25-4-3-12-6-16(23)11-17(24)7-12/h6-11,18H,1-5H2,(H,25,27). The molecular formula is C20H18Cl2F2N2O2. The molecule has 1 aliphatic heterocycles. The van der Waals surface area contributed by atoms with Crippen molar-refractivity contribution < 1.29 is 18.4 Å². The summed E-state index contributed by atoms with van der Waals surface area (Å²) in [5, 5.41) is 3.43. The number of nitrogens with zero attached hydrogens (tertiary/aromatic N) is 1. The molecule has 1 fully saturated rings. The molecule has 148 valence electrons. The Bertz CT molecular complexity index is 867. The fourth-order valence-corrected chi connectivity index (χ4v) is 3.85. The third-order valence-corrected chi connectivity index (χ3v) is 5.00. The van der Waals surface area contributed by atoms with E-state index in [4.69, 9.17) is 23.2 Å². The predicted octanol–water partition coefficient (Wildman–Crippen LogP) is 4.24. The Labute approximate surface area is 171 Å². The average molecular weight is 427 g/mol. The summed E-state index contributed by atoms with van der Waals surface area (Å²) in [5.74, 6) is -1.92. The lowest BCUT2D eigenvalue weighted by atomic mass is 10.1. The molecule has 8 heteroatoms. The van der Waals surface area contributed by atoms with Crippen molar-refractivity contribution in [2.75, 3.05) is 13.1 Å². The van der Waals surface area contributed by atoms with Gasteiger partial charge in [0.05, 0.1) is 0 Å². The Balaban J connectivity index is 1.61. The lowest BCUT2D eigenvalue weighted by Crippen LogP contribution is -2.46. The number of carbonyl (C=O) groups excluding carboxylic acids is 2. The third kappa shape index (κ3) is 5.00. The molecule has 3 rings (SSSR count). The highest BCUT2D eigenvalue weighted by Gasteiger charge is 2.34. The predicted molar refractivity (Wildman–Crippen MR) is 104 cm³/mol. The molecule has 1 N–H and O–H groups in total. The maximum Gasteiger partial charge on any atom is 0.254 e. The van der Waals surface area contributed by atoms with Crippen LogP contribution < -0.4 is 5.32 Å². The van der Waals surface area contributed by atoms with Crippen molar-refractivity contribution in [2.24, 2.45) is 0 Å². The maximum atomic E-state index is 13.2. The van der Waals surface area contributed by atoms with E-state index in [0.29, 0.717) is 40.6 Å². The normalized spacial score (nSPS) is 16.3. The van der Waals surface area contributed by atoms with Crippen LogP contribution >= 0.6 is 23.2 Å². The van der Waals surface area contributed by atoms with Gasteiger partial charge >= 0.3 is 0 Å². The first kappa shape index (κ1) is 20.6. The molecule has 0 spiro atoms. The van der Waals surface area contributed by atoms with Gasteiger partial charge in [-0.1, -0.05) is 23.2 Å². The van der Waals surface area contributed by atoms with E-state index in [0.717, 1.165) is 6.07 Å². The van der Waals surface area contributed by atoms with Gasteiger partial charge in [0.25, 0.3) is 5.91 Å². The van der Waals surface area contributed by atoms with Gasteiger partial charge in [0, 0.05) is 34.8 Å². The Hall–Kier alpha value is -2.18. The van der Waals surface area contributed by atoms with E-state index in [9.17, 15) is 18.4 Å². The van der Waals surface area contributed by atoms with Crippen molar-refractivity contribution in [2.45, 2.75) is 25.3 Å². The number of rotatable bonds is 5. The van der Waals surface area contributed by atoms with Crippen molar-refractivity contribution in [3.05, 3.63) is 69.2 Å². The van der Waals surface area contributed by atoms with Crippen LogP contribution in [-0.2, 0) is 11.2 Å². The van der Waals surface area contributed by atoms with Crippen molar-refractivity contribution >= 4 is 35.0 Å². The number of likely N-dealkylation sites (tertiary alicyclic amines) is 1. The van der Waals surface area contributed by atoms with Gasteiger partial charge in [-0.15, -0.1) is 0 Å². The van der Waals surface area contributed by atoms with Gasteiger partial charge in [-0.05, 0) is 55.2 Å². The Morgan fingerprint density at radius 2 is 1.68 bits per heavy atom. The topological polar surface area (TPSA) is 49.4 Å². The molecule has 2 aromatic rings. The number of amides is 2. The van der Waals surface area contributed by atoms with Crippen LogP contribution in [0, 0.1) is 11.6 Å². The zero-order valence-electron chi connectivity index (χ0n) is 14.9. The number of hydrogen-bond acceptors (Lipinski definition) is 2. The number of nitrogens with one attached hydrogen (secondary N) is 1. The summed E-state index contributed by atoms with van der Waals surface area (Å²) in [5.41, 5.74) is 0.776. The Morgan fingerprint density at radius 1 is 1.04 bits per heavy atom. The van der Waals surface area contributed by atoms with Crippen LogP contribution in [-0.4, -0.2) is 35.8 Å². The minimum Gasteiger partial charge on any atom is -0.354 e. The van der Waals surface area contributed by atoms with E-state index in [1.165, 1.54) is 35.2 Å². The first-order chi connectivity index (χ1) is 13.3. The summed E-state index contributed by atoms with van der Waals surface area (Å²) in [7, 11) is 0. The fraction of sp³-hybridized carbons (Fsp3) is 0.300. The monoisotopic (exact) mass is 426 g/mol. The second kappa shape index (κ2) is 8.88. The SMILES string of the molecule is O=C(NCCc1cc(F)cc(F)c1)C1CCCN1C(=O)c1cc(Cl)cc(Cl)c1. The fourth-order valence-electron chi connectivity index (χ4n) is 3.33. The largest absolute Gasteiger partial charge is 0.354 e. The quantitative estimate of drug-likeness (QED) is 0.777. The number of carbonyl (C=O) groups is 2. The molecule has 1 aliphatic rings. The van der Waals surface area contributed by atoms with Crippen molar-refractivity contribution in [3.8, 4) is 0 Å². The lowest BCUT2D eigenvalue weighted by molar-refractivity contribution is -0.124. The molecule has 1 saturated heterocycles. The summed E-state index contributed by atoms with van der Waals surface area (Å²) < 4.78 is 26.5. The zero-order valence-corrected chi connectivity index (χ0v) is 16.4. The minimum absolute atomic E-state index is 0.212. The minimum atomic E-state index is -0.658. The van der Waals surface area contributed by atoms with E-state index in [1.807, 2.05) is 0 Å². The van der Waals surface area contributed by atoms with Crippen LogP contribution in [0.5, 0.6) is 0 Å². The van der Waals surface area contributed by atoms with Gasteiger partial charge in [-0.3, -0.25) is 9.59 Å². The van der Waals surface area contributed by atoms with Crippen LogP contribution in [0.2, 0.25) is 10.0 Å².